The van der Waals surface area contributed by atoms with Crippen LogP contribution in [0.4, 0.5) is 0 Å². The summed E-state index contributed by atoms with van der Waals surface area (Å²) >= 11 is 0. The number of ether oxygens (including phenoxy) is 1. The molecular formula is C34H39N3O5. The molecule has 220 valence electrons. The zero-order valence-corrected chi connectivity index (χ0v) is 24.7. The van der Waals surface area contributed by atoms with Gasteiger partial charge in [0.25, 0.3) is 5.91 Å². The molecule has 2 N–H and O–H groups in total. The molecule has 0 saturated carbocycles. The Hall–Kier alpha value is -3.98. The summed E-state index contributed by atoms with van der Waals surface area (Å²) in [6.07, 6.45) is -0.232. The number of carbonyl (C=O) groups is 2. The molecule has 0 aliphatic carbocycles. The molecule has 3 aromatic carbocycles. The number of para-hydroxylation sites is 1. The first-order valence-corrected chi connectivity index (χ1v) is 14.4. The van der Waals surface area contributed by atoms with Gasteiger partial charge in [-0.2, -0.15) is 0 Å². The molecule has 1 aliphatic rings. The number of carboxylic acids is 1. The molecule has 3 atom stereocenters. The number of hydrogen-bond donors (Lipinski definition) is 2. The summed E-state index contributed by atoms with van der Waals surface area (Å²) in [4.78, 5) is 29.8. The van der Waals surface area contributed by atoms with E-state index in [0.717, 1.165) is 33.2 Å². The van der Waals surface area contributed by atoms with Gasteiger partial charge in [-0.25, -0.2) is 4.79 Å². The summed E-state index contributed by atoms with van der Waals surface area (Å²) in [6.45, 7) is 5.71. The largest absolute Gasteiger partial charge is 0.478 e. The Morgan fingerprint density at radius 3 is 2.60 bits per heavy atom. The van der Waals surface area contributed by atoms with Gasteiger partial charge in [-0.15, -0.1) is 0 Å². The van der Waals surface area contributed by atoms with Crippen molar-refractivity contribution < 1.29 is 24.5 Å². The van der Waals surface area contributed by atoms with Crippen molar-refractivity contribution in [2.45, 2.75) is 39.1 Å². The second-order valence-corrected chi connectivity index (χ2v) is 11.5. The van der Waals surface area contributed by atoms with Gasteiger partial charge in [0.05, 0.1) is 30.9 Å². The predicted molar refractivity (Wildman–Crippen MR) is 163 cm³/mol. The summed E-state index contributed by atoms with van der Waals surface area (Å²) in [6, 6.07) is 22.7. The van der Waals surface area contributed by atoms with Crippen molar-refractivity contribution in [1.82, 2.24) is 14.4 Å². The first-order valence-electron chi connectivity index (χ1n) is 14.4. The normalized spacial score (nSPS) is 18.4. The number of rotatable bonds is 7. The standard InChI is InChI=1S/C34H39N3O5/c1-22-17-37(23(2)20-38)33(39)32-31(28-14-7-8-15-29(28)36(32)4)27-13-6-5-11-26(27)21-42-30(22)19-35(3)18-24-10-9-12-25(16-24)34(40)41/h5-16,22-23,30,38H,17-21H2,1-4H3,(H,40,41)/t22-,23-,30-/m0/s1. The van der Waals surface area contributed by atoms with Crippen LogP contribution in [0.2, 0.25) is 0 Å². The number of carbonyl (C=O) groups excluding carboxylic acids is 1. The molecule has 5 rings (SSSR count). The quantitative estimate of drug-likeness (QED) is 0.324. The highest BCUT2D eigenvalue weighted by Crippen LogP contribution is 2.38. The number of aliphatic hydroxyl groups is 1. The van der Waals surface area contributed by atoms with Gasteiger partial charge in [-0.1, -0.05) is 61.5 Å². The summed E-state index contributed by atoms with van der Waals surface area (Å²) < 4.78 is 8.64. The number of likely N-dealkylation sites (N-methyl/N-ethyl adjacent to an activating group) is 1. The molecular weight excluding hydrogens is 530 g/mol. The lowest BCUT2D eigenvalue weighted by atomic mass is 9.96. The highest BCUT2D eigenvalue weighted by atomic mass is 16.5. The molecule has 1 aliphatic heterocycles. The Kier molecular flexibility index (Phi) is 8.77. The van der Waals surface area contributed by atoms with Crippen LogP contribution in [-0.4, -0.2) is 75.3 Å². The summed E-state index contributed by atoms with van der Waals surface area (Å²) in [5.74, 6) is -1.12. The lowest BCUT2D eigenvalue weighted by Gasteiger charge is -2.35. The zero-order chi connectivity index (χ0) is 30.0. The van der Waals surface area contributed by atoms with Crippen LogP contribution in [0.15, 0.2) is 72.8 Å². The molecule has 0 unspecified atom stereocenters. The minimum Gasteiger partial charge on any atom is -0.478 e. The van der Waals surface area contributed by atoms with Crippen LogP contribution in [0.3, 0.4) is 0 Å². The predicted octanol–water partition coefficient (Wildman–Crippen LogP) is 5.03. The molecule has 8 heteroatoms. The minimum atomic E-state index is -0.949. The fraction of sp³-hybridized carbons (Fsp3) is 0.353. The number of benzene rings is 3. The van der Waals surface area contributed by atoms with Crippen LogP contribution in [-0.2, 0) is 24.9 Å². The third-order valence-electron chi connectivity index (χ3n) is 8.34. The van der Waals surface area contributed by atoms with Gasteiger partial charge < -0.3 is 24.4 Å². The van der Waals surface area contributed by atoms with Gasteiger partial charge in [0.15, 0.2) is 0 Å². The van der Waals surface area contributed by atoms with E-state index in [-0.39, 0.29) is 36.1 Å². The van der Waals surface area contributed by atoms with E-state index in [4.69, 9.17) is 4.74 Å². The number of amides is 1. The van der Waals surface area contributed by atoms with Gasteiger partial charge in [0, 0.05) is 49.1 Å². The lowest BCUT2D eigenvalue weighted by molar-refractivity contribution is -0.0242. The van der Waals surface area contributed by atoms with E-state index in [1.54, 1.807) is 23.1 Å². The monoisotopic (exact) mass is 569 g/mol. The smallest absolute Gasteiger partial charge is 0.335 e. The van der Waals surface area contributed by atoms with Crippen molar-refractivity contribution in [2.24, 2.45) is 13.0 Å². The molecule has 4 aromatic rings. The number of nitrogens with zero attached hydrogens (tertiary/aromatic N) is 3. The fourth-order valence-corrected chi connectivity index (χ4v) is 6.01. The van der Waals surface area contributed by atoms with Crippen molar-refractivity contribution in [3.63, 3.8) is 0 Å². The first kappa shape index (κ1) is 29.5. The van der Waals surface area contributed by atoms with E-state index in [1.165, 1.54) is 0 Å². The minimum absolute atomic E-state index is 0.0563. The van der Waals surface area contributed by atoms with Crippen molar-refractivity contribution in [3.8, 4) is 11.1 Å². The zero-order valence-electron chi connectivity index (χ0n) is 24.7. The van der Waals surface area contributed by atoms with Crippen LogP contribution in [0.25, 0.3) is 22.0 Å². The van der Waals surface area contributed by atoms with Crippen LogP contribution < -0.4 is 0 Å². The van der Waals surface area contributed by atoms with Crippen molar-refractivity contribution in [1.29, 1.82) is 0 Å². The van der Waals surface area contributed by atoms with Crippen molar-refractivity contribution in [2.75, 3.05) is 26.7 Å². The van der Waals surface area contributed by atoms with E-state index in [9.17, 15) is 19.8 Å². The number of aromatic carboxylic acids is 1. The third kappa shape index (κ3) is 5.83. The summed E-state index contributed by atoms with van der Waals surface area (Å²) in [5.41, 5.74) is 5.58. The molecule has 0 spiro atoms. The number of aliphatic hydroxyl groups excluding tert-OH is 1. The molecule has 1 aromatic heterocycles. The third-order valence-corrected chi connectivity index (χ3v) is 8.34. The van der Waals surface area contributed by atoms with Crippen molar-refractivity contribution in [3.05, 3.63) is 95.2 Å². The number of fused-ring (bicyclic) bond motifs is 5. The Bertz CT molecular complexity index is 1600. The van der Waals surface area contributed by atoms with Gasteiger partial charge in [-0.3, -0.25) is 9.69 Å². The number of aryl methyl sites for hydroxylation is 1. The van der Waals surface area contributed by atoms with Gasteiger partial charge in [0.2, 0.25) is 0 Å². The Labute approximate surface area is 246 Å². The maximum atomic E-state index is 14.5. The molecule has 0 saturated heterocycles. The number of aromatic nitrogens is 1. The molecule has 8 nitrogen and oxygen atoms in total. The Morgan fingerprint density at radius 1 is 1.10 bits per heavy atom. The average molecular weight is 570 g/mol. The van der Waals surface area contributed by atoms with E-state index >= 15 is 0 Å². The fourth-order valence-electron chi connectivity index (χ4n) is 6.01. The molecule has 0 fully saturated rings. The first-order chi connectivity index (χ1) is 20.2. The highest BCUT2D eigenvalue weighted by Gasteiger charge is 2.33. The maximum Gasteiger partial charge on any atom is 0.335 e. The number of carboxylic acid groups (broad SMARTS) is 1. The highest BCUT2D eigenvalue weighted by molar-refractivity contribution is 6.10. The van der Waals surface area contributed by atoms with Gasteiger partial charge >= 0.3 is 5.97 Å². The van der Waals surface area contributed by atoms with E-state index in [0.29, 0.717) is 31.9 Å². The topological polar surface area (TPSA) is 95.2 Å². The van der Waals surface area contributed by atoms with Crippen LogP contribution >= 0.6 is 0 Å². The number of hydrogen-bond acceptors (Lipinski definition) is 5. The maximum absolute atomic E-state index is 14.5. The van der Waals surface area contributed by atoms with Crippen LogP contribution in [0.5, 0.6) is 0 Å². The van der Waals surface area contributed by atoms with E-state index < -0.39 is 5.97 Å². The van der Waals surface area contributed by atoms with Gasteiger partial charge in [0.1, 0.15) is 5.69 Å². The summed E-state index contributed by atoms with van der Waals surface area (Å²) in [7, 11) is 3.92. The molecule has 0 bridgehead atoms. The second kappa shape index (κ2) is 12.5. The molecule has 0 radical (unpaired) electrons. The molecule has 42 heavy (non-hydrogen) atoms. The van der Waals surface area contributed by atoms with Crippen molar-refractivity contribution >= 4 is 22.8 Å². The lowest BCUT2D eigenvalue weighted by Crippen LogP contribution is -2.47. The van der Waals surface area contributed by atoms with Crippen LogP contribution in [0, 0.1) is 5.92 Å². The summed E-state index contributed by atoms with van der Waals surface area (Å²) in [5, 5.41) is 20.6. The second-order valence-electron chi connectivity index (χ2n) is 11.5. The average Bonchev–Trinajstić information content (AvgIpc) is 3.28. The molecule has 2 heterocycles. The van der Waals surface area contributed by atoms with E-state index in [1.807, 2.05) is 62.0 Å². The Morgan fingerprint density at radius 2 is 1.83 bits per heavy atom. The SMILES string of the molecule is C[C@H]1CN([C@@H](C)CO)C(=O)c2c(c3ccccc3n2C)-c2ccccc2CO[C@H]1CN(C)Cc1cccc(C(=O)O)c1. The van der Waals surface area contributed by atoms with Crippen LogP contribution in [0.1, 0.15) is 45.8 Å². The molecule has 1 amide bonds. The van der Waals surface area contributed by atoms with Gasteiger partial charge in [-0.05, 0) is 48.9 Å². The Balaban J connectivity index is 1.54. The van der Waals surface area contributed by atoms with E-state index in [2.05, 4.69) is 30.0 Å².